The van der Waals surface area contributed by atoms with Crippen LogP contribution in [0.5, 0.6) is 0 Å². The molecule has 0 bridgehead atoms. The quantitative estimate of drug-likeness (QED) is 0.0879. The summed E-state index contributed by atoms with van der Waals surface area (Å²) in [6.45, 7) is 6.62. The lowest BCUT2D eigenvalue weighted by Crippen LogP contribution is -2.33. The van der Waals surface area contributed by atoms with Crippen LogP contribution in [0, 0.1) is 0 Å². The summed E-state index contributed by atoms with van der Waals surface area (Å²) in [7, 11) is 0. The van der Waals surface area contributed by atoms with Gasteiger partial charge in [-0.15, -0.1) is 0 Å². The molecular formula is C39H56Cl2N4O4S. The second kappa shape index (κ2) is 24.4. The first-order valence-electron chi connectivity index (χ1n) is 18.5. The summed E-state index contributed by atoms with van der Waals surface area (Å²) in [4.78, 5) is 38.4. The first kappa shape index (κ1) is 41.7. The van der Waals surface area contributed by atoms with Crippen LogP contribution < -0.4 is 5.32 Å². The van der Waals surface area contributed by atoms with Crippen LogP contribution in [-0.2, 0) is 15.9 Å². The van der Waals surface area contributed by atoms with E-state index in [-0.39, 0.29) is 12.5 Å². The Morgan fingerprint density at radius 1 is 0.800 bits per heavy atom. The maximum Gasteiger partial charge on any atom is 0.417 e. The highest BCUT2D eigenvalue weighted by atomic mass is 35.5. The van der Waals surface area contributed by atoms with Crippen molar-refractivity contribution in [1.29, 1.82) is 0 Å². The van der Waals surface area contributed by atoms with E-state index in [0.29, 0.717) is 22.3 Å². The second-order valence-corrected chi connectivity index (χ2v) is 15.2. The van der Waals surface area contributed by atoms with E-state index in [2.05, 4.69) is 22.2 Å². The number of hydrogen-bond acceptors (Lipinski definition) is 7. The first-order chi connectivity index (χ1) is 24.2. The minimum absolute atomic E-state index is 0.100. The second-order valence-electron chi connectivity index (χ2n) is 13.2. The van der Waals surface area contributed by atoms with Crippen LogP contribution in [0.25, 0.3) is 0 Å². The van der Waals surface area contributed by atoms with Gasteiger partial charge in [-0.1, -0.05) is 152 Å². The number of benzene rings is 1. The fraction of sp³-hybridized carbons (Fsp3) is 0.590. The number of pyridine rings is 1. The monoisotopic (exact) mass is 746 g/mol. The summed E-state index contributed by atoms with van der Waals surface area (Å²) in [5.74, 6) is 0.557. The number of carbonyl (C=O) groups is 2. The van der Waals surface area contributed by atoms with Crippen LogP contribution >= 0.6 is 35.0 Å². The van der Waals surface area contributed by atoms with Crippen molar-refractivity contribution in [2.24, 2.45) is 0 Å². The number of carbonyl (C=O) groups excluding carboxylic acids is 2. The summed E-state index contributed by atoms with van der Waals surface area (Å²) >= 11 is 13.9. The zero-order chi connectivity index (χ0) is 36.0. The number of H-pyrrole nitrogens is 1. The van der Waals surface area contributed by atoms with Crippen molar-refractivity contribution in [3.05, 3.63) is 69.9 Å². The van der Waals surface area contributed by atoms with Crippen LogP contribution in [0.2, 0.25) is 10.0 Å². The number of amides is 2. The summed E-state index contributed by atoms with van der Waals surface area (Å²) < 4.78 is 11.0. The zero-order valence-corrected chi connectivity index (χ0v) is 32.4. The number of unbranched alkanes of at least 4 members (excludes halogenated alkanes) is 15. The van der Waals surface area contributed by atoms with E-state index in [1.54, 1.807) is 18.5 Å². The van der Waals surface area contributed by atoms with E-state index in [1.165, 1.54) is 95.2 Å². The summed E-state index contributed by atoms with van der Waals surface area (Å²) in [5, 5.41) is 3.98. The molecule has 0 fully saturated rings. The number of imidazole rings is 1. The minimum Gasteiger partial charge on any atom is -0.449 e. The predicted molar refractivity (Wildman–Crippen MR) is 204 cm³/mol. The van der Waals surface area contributed by atoms with E-state index in [4.69, 9.17) is 37.7 Å². The molecule has 2 aromatic heterocycles. The highest BCUT2D eigenvalue weighted by Gasteiger charge is 2.25. The fourth-order valence-corrected chi connectivity index (χ4v) is 7.52. The topological polar surface area (TPSA) is 106 Å². The lowest BCUT2D eigenvalue weighted by Gasteiger charge is -2.16. The van der Waals surface area contributed by atoms with Gasteiger partial charge in [0.25, 0.3) is 0 Å². The van der Waals surface area contributed by atoms with Crippen LogP contribution in [0.3, 0.4) is 0 Å². The van der Waals surface area contributed by atoms with Gasteiger partial charge in [-0.3, -0.25) is 4.98 Å². The van der Waals surface area contributed by atoms with Gasteiger partial charge in [0.15, 0.2) is 6.10 Å². The normalized spacial score (nSPS) is 11.9. The lowest BCUT2D eigenvalue weighted by molar-refractivity contribution is 0.0870. The van der Waals surface area contributed by atoms with Gasteiger partial charge in [0.1, 0.15) is 10.9 Å². The van der Waals surface area contributed by atoms with Gasteiger partial charge in [-0.2, -0.15) is 0 Å². The van der Waals surface area contributed by atoms with Crippen molar-refractivity contribution in [2.45, 2.75) is 152 Å². The summed E-state index contributed by atoms with van der Waals surface area (Å²) in [5.41, 5.74) is 1.77. The number of halogens is 2. The van der Waals surface area contributed by atoms with Crippen LogP contribution in [0.1, 0.15) is 153 Å². The largest absolute Gasteiger partial charge is 0.449 e. The first-order valence-corrected chi connectivity index (χ1v) is 20.1. The lowest BCUT2D eigenvalue weighted by atomic mass is 10.0. The Balaban J connectivity index is 1.39. The Hall–Kier alpha value is -2.75. The molecule has 0 aliphatic rings. The molecule has 0 saturated heterocycles. The molecule has 3 rings (SSSR count). The van der Waals surface area contributed by atoms with Crippen molar-refractivity contribution >= 4 is 47.2 Å². The molecule has 0 aliphatic carbocycles. The molecule has 1 atom stereocenters. The molecule has 11 heteroatoms. The van der Waals surface area contributed by atoms with Gasteiger partial charge in [-0.25, -0.2) is 19.9 Å². The Labute approximate surface area is 313 Å². The molecule has 2 amide bonds. The molecule has 0 radical (unpaired) electrons. The van der Waals surface area contributed by atoms with Crippen molar-refractivity contribution in [3.63, 3.8) is 0 Å². The number of nitrogens with zero attached hydrogens (tertiary/aromatic N) is 2. The fourth-order valence-electron chi connectivity index (χ4n) is 5.73. The van der Waals surface area contributed by atoms with Crippen LogP contribution in [0.15, 0.2) is 52.6 Å². The van der Waals surface area contributed by atoms with E-state index >= 15 is 0 Å². The SMILES string of the molecule is CCCCCCCCCCCCCCCCCCOC(=O)NC(=O)OC(Cc1ccncc1)c1nc(Sc2cc(Cl)cc(Cl)c2)c(C(C)C)[nH]1. The summed E-state index contributed by atoms with van der Waals surface area (Å²) in [6.07, 6.45) is 21.5. The molecular weight excluding hydrogens is 691 g/mol. The Morgan fingerprint density at radius 3 is 1.88 bits per heavy atom. The minimum atomic E-state index is -0.903. The smallest absolute Gasteiger partial charge is 0.417 e. The molecule has 0 aliphatic heterocycles. The van der Waals surface area contributed by atoms with E-state index in [9.17, 15) is 9.59 Å². The number of aromatic amines is 1. The molecule has 2 heterocycles. The average Bonchev–Trinajstić information content (AvgIpc) is 3.50. The number of alkyl carbamates (subject to hydrolysis) is 2. The predicted octanol–water partition coefficient (Wildman–Crippen LogP) is 12.8. The molecule has 1 aromatic carbocycles. The molecule has 3 aromatic rings. The average molecular weight is 748 g/mol. The molecule has 1 unspecified atom stereocenters. The Bertz CT molecular complexity index is 1390. The van der Waals surface area contributed by atoms with Gasteiger partial charge in [0.05, 0.1) is 12.3 Å². The van der Waals surface area contributed by atoms with Crippen LogP contribution in [-0.4, -0.2) is 33.7 Å². The zero-order valence-electron chi connectivity index (χ0n) is 30.1. The molecule has 50 heavy (non-hydrogen) atoms. The standard InChI is InChI=1S/C39H56Cl2N4O4S/c1-4-5-6-7-8-9-10-11-12-13-14-15-16-17-18-19-24-48-38(46)45-39(47)49-34(25-30-20-22-42-23-21-30)36-43-35(29(2)3)37(44-36)50-33-27-31(40)26-32(41)28-33/h20-23,26-29,34H,4-19,24-25H2,1-3H3,(H,43,44)(H,45,46,47). The highest BCUT2D eigenvalue weighted by molar-refractivity contribution is 7.99. The number of hydrogen-bond donors (Lipinski definition) is 2. The molecule has 0 spiro atoms. The van der Waals surface area contributed by atoms with Crippen molar-refractivity contribution < 1.29 is 19.1 Å². The molecule has 2 N–H and O–H groups in total. The number of imide groups is 1. The van der Waals surface area contributed by atoms with Crippen molar-refractivity contribution in [1.82, 2.24) is 20.3 Å². The molecule has 8 nitrogen and oxygen atoms in total. The maximum absolute atomic E-state index is 12.9. The highest BCUT2D eigenvalue weighted by Crippen LogP contribution is 2.36. The number of aromatic nitrogens is 3. The molecule has 276 valence electrons. The maximum atomic E-state index is 12.9. The van der Waals surface area contributed by atoms with Gasteiger partial charge in [0.2, 0.25) is 0 Å². The number of nitrogens with one attached hydrogen (secondary N) is 2. The van der Waals surface area contributed by atoms with Crippen LogP contribution in [0.4, 0.5) is 9.59 Å². The van der Waals surface area contributed by atoms with Gasteiger partial charge in [0, 0.05) is 33.8 Å². The van der Waals surface area contributed by atoms with Crippen molar-refractivity contribution in [2.75, 3.05) is 6.61 Å². The summed E-state index contributed by atoms with van der Waals surface area (Å²) in [6, 6.07) is 9.00. The van der Waals surface area contributed by atoms with Gasteiger partial charge >= 0.3 is 12.2 Å². The van der Waals surface area contributed by atoms with Crippen molar-refractivity contribution in [3.8, 4) is 0 Å². The van der Waals surface area contributed by atoms with E-state index in [1.807, 2.05) is 38.1 Å². The number of ether oxygens (including phenoxy) is 2. The Kier molecular flexibility index (Phi) is 20.4. The van der Waals surface area contributed by atoms with E-state index < -0.39 is 18.3 Å². The molecule has 0 saturated carbocycles. The third-order valence-electron chi connectivity index (χ3n) is 8.50. The number of rotatable bonds is 24. The van der Waals surface area contributed by atoms with Gasteiger partial charge < -0.3 is 14.5 Å². The van der Waals surface area contributed by atoms with E-state index in [0.717, 1.165) is 40.4 Å². The third kappa shape index (κ3) is 17.0. The van der Waals surface area contributed by atoms with Gasteiger partial charge in [-0.05, 0) is 48.2 Å². The Morgan fingerprint density at radius 2 is 1.34 bits per heavy atom. The third-order valence-corrected chi connectivity index (χ3v) is 9.92.